The predicted octanol–water partition coefficient (Wildman–Crippen LogP) is 2.38. The van der Waals surface area contributed by atoms with Crippen LogP contribution >= 0.6 is 11.8 Å². The highest BCUT2D eigenvalue weighted by Gasteiger charge is 2.62. The molecule has 3 unspecified atom stereocenters. The SMILES string of the molecule is CCCCCC(=O)OC(C)(C)OC(=O)C1N2C(=O)CC2SC1(C)COC(C)=O. The van der Waals surface area contributed by atoms with E-state index in [1.165, 1.54) is 37.4 Å². The van der Waals surface area contributed by atoms with Gasteiger partial charge >= 0.3 is 17.9 Å². The van der Waals surface area contributed by atoms with Gasteiger partial charge in [0.05, 0.1) is 16.5 Å². The van der Waals surface area contributed by atoms with E-state index in [4.69, 9.17) is 14.2 Å². The van der Waals surface area contributed by atoms with Crippen LogP contribution in [-0.4, -0.2) is 57.3 Å². The zero-order chi connectivity index (χ0) is 21.1. The van der Waals surface area contributed by atoms with E-state index in [1.807, 2.05) is 6.92 Å². The van der Waals surface area contributed by atoms with Crippen LogP contribution in [0.3, 0.4) is 0 Å². The molecule has 2 fully saturated rings. The van der Waals surface area contributed by atoms with Crippen LogP contribution in [0.2, 0.25) is 0 Å². The Bertz CT molecular complexity index is 650. The van der Waals surface area contributed by atoms with Crippen molar-refractivity contribution in [3.8, 4) is 0 Å². The van der Waals surface area contributed by atoms with Gasteiger partial charge in [-0.3, -0.25) is 14.4 Å². The largest absolute Gasteiger partial charge is 0.464 e. The second kappa shape index (κ2) is 8.71. The minimum atomic E-state index is -1.46. The van der Waals surface area contributed by atoms with Crippen molar-refractivity contribution in [1.82, 2.24) is 4.90 Å². The van der Waals surface area contributed by atoms with Crippen LogP contribution < -0.4 is 0 Å². The lowest BCUT2D eigenvalue weighted by Crippen LogP contribution is -2.59. The van der Waals surface area contributed by atoms with E-state index in [1.54, 1.807) is 6.92 Å². The van der Waals surface area contributed by atoms with Gasteiger partial charge in [0, 0.05) is 27.2 Å². The molecule has 8 nitrogen and oxygen atoms in total. The summed E-state index contributed by atoms with van der Waals surface area (Å²) in [5.41, 5.74) is 0. The number of β-lactam (4-membered cyclic amide) rings is 1. The molecule has 0 spiro atoms. The van der Waals surface area contributed by atoms with Crippen molar-refractivity contribution in [2.45, 2.75) is 88.7 Å². The molecule has 158 valence electrons. The maximum absolute atomic E-state index is 12.9. The Morgan fingerprint density at radius 2 is 1.93 bits per heavy atom. The van der Waals surface area contributed by atoms with Gasteiger partial charge in [0.25, 0.3) is 5.79 Å². The highest BCUT2D eigenvalue weighted by molar-refractivity contribution is 8.01. The van der Waals surface area contributed by atoms with Crippen LogP contribution in [-0.2, 0) is 33.4 Å². The van der Waals surface area contributed by atoms with Gasteiger partial charge in [0.2, 0.25) is 5.91 Å². The number of carbonyl (C=O) groups excluding carboxylic acids is 4. The number of fused-ring (bicyclic) bond motifs is 1. The van der Waals surface area contributed by atoms with E-state index in [2.05, 4.69) is 0 Å². The molecule has 0 aliphatic carbocycles. The van der Waals surface area contributed by atoms with Gasteiger partial charge in [-0.25, -0.2) is 4.79 Å². The molecule has 2 aliphatic rings. The van der Waals surface area contributed by atoms with Crippen LogP contribution in [0, 0.1) is 0 Å². The first-order valence-corrected chi connectivity index (χ1v) is 10.4. The van der Waals surface area contributed by atoms with Crippen LogP contribution in [0.4, 0.5) is 0 Å². The van der Waals surface area contributed by atoms with Gasteiger partial charge in [0.1, 0.15) is 12.6 Å². The molecule has 0 N–H and O–H groups in total. The fourth-order valence-electron chi connectivity index (χ4n) is 3.36. The highest BCUT2D eigenvalue weighted by Crippen LogP contribution is 2.51. The number of nitrogens with zero attached hydrogens (tertiary/aromatic N) is 1. The highest BCUT2D eigenvalue weighted by atomic mass is 32.2. The fraction of sp³-hybridized carbons (Fsp3) is 0.789. The standard InChI is InChI=1S/C19H29NO7S/c1-6-7-8-9-15(23)26-18(3,4)27-17(24)16-19(5,11-25-12(2)21)28-14-10-13(22)20(14)16/h14,16H,6-11H2,1-5H3. The van der Waals surface area contributed by atoms with E-state index in [0.29, 0.717) is 12.8 Å². The molecule has 2 rings (SSSR count). The lowest BCUT2D eigenvalue weighted by atomic mass is 9.97. The molecular weight excluding hydrogens is 386 g/mol. The summed E-state index contributed by atoms with van der Waals surface area (Å²) in [5, 5.41) is -0.148. The van der Waals surface area contributed by atoms with Crippen LogP contribution in [0.1, 0.15) is 66.7 Å². The topological polar surface area (TPSA) is 99.2 Å². The van der Waals surface area contributed by atoms with E-state index >= 15 is 0 Å². The number of carbonyl (C=O) groups is 4. The molecule has 2 heterocycles. The van der Waals surface area contributed by atoms with Crippen molar-refractivity contribution in [3.05, 3.63) is 0 Å². The first-order chi connectivity index (χ1) is 13.0. The van der Waals surface area contributed by atoms with Gasteiger partial charge in [-0.05, 0) is 13.3 Å². The molecule has 1 amide bonds. The summed E-state index contributed by atoms with van der Waals surface area (Å²) in [4.78, 5) is 49.7. The zero-order valence-corrected chi connectivity index (χ0v) is 17.9. The Hall–Kier alpha value is -1.77. The summed E-state index contributed by atoms with van der Waals surface area (Å²) < 4.78 is 15.1. The molecule has 0 radical (unpaired) electrons. The lowest BCUT2D eigenvalue weighted by molar-refractivity contribution is -0.221. The van der Waals surface area contributed by atoms with Crippen molar-refractivity contribution in [2.75, 3.05) is 6.61 Å². The molecule has 2 aliphatic heterocycles. The van der Waals surface area contributed by atoms with Crippen molar-refractivity contribution in [3.63, 3.8) is 0 Å². The molecule has 0 aromatic carbocycles. The third kappa shape index (κ3) is 5.18. The predicted molar refractivity (Wildman–Crippen MR) is 102 cm³/mol. The molecule has 0 aromatic rings. The molecular formula is C19H29NO7S. The summed E-state index contributed by atoms with van der Waals surface area (Å²) in [6.07, 6.45) is 3.20. The minimum Gasteiger partial charge on any atom is -0.464 e. The van der Waals surface area contributed by atoms with E-state index in [-0.39, 0.29) is 24.3 Å². The molecule has 3 atom stereocenters. The third-order valence-corrected chi connectivity index (χ3v) is 6.23. The van der Waals surface area contributed by atoms with Gasteiger partial charge < -0.3 is 19.1 Å². The number of esters is 3. The van der Waals surface area contributed by atoms with Crippen molar-refractivity contribution < 1.29 is 33.4 Å². The maximum Gasteiger partial charge on any atom is 0.333 e. The minimum absolute atomic E-state index is 0.0235. The molecule has 2 saturated heterocycles. The quantitative estimate of drug-likeness (QED) is 0.245. The number of ether oxygens (including phenoxy) is 3. The van der Waals surface area contributed by atoms with Crippen LogP contribution in [0.5, 0.6) is 0 Å². The Balaban J connectivity index is 2.05. The lowest BCUT2D eigenvalue weighted by Gasteiger charge is -2.39. The van der Waals surface area contributed by atoms with Crippen molar-refractivity contribution in [1.29, 1.82) is 0 Å². The first-order valence-electron chi connectivity index (χ1n) is 9.56. The number of amides is 1. The van der Waals surface area contributed by atoms with Crippen LogP contribution in [0.25, 0.3) is 0 Å². The average Bonchev–Trinajstić information content (AvgIpc) is 2.80. The molecule has 28 heavy (non-hydrogen) atoms. The van der Waals surface area contributed by atoms with Gasteiger partial charge in [-0.2, -0.15) is 0 Å². The smallest absolute Gasteiger partial charge is 0.333 e. The van der Waals surface area contributed by atoms with Gasteiger partial charge in [-0.15, -0.1) is 11.8 Å². The monoisotopic (exact) mass is 415 g/mol. The second-order valence-electron chi connectivity index (χ2n) is 7.83. The summed E-state index contributed by atoms with van der Waals surface area (Å²) in [5.74, 6) is -3.19. The fourth-order valence-corrected chi connectivity index (χ4v) is 5.03. The Morgan fingerprint density at radius 3 is 2.50 bits per heavy atom. The summed E-state index contributed by atoms with van der Waals surface area (Å²) in [7, 11) is 0. The first kappa shape index (κ1) is 22.5. The number of unbranched alkanes of at least 4 members (excludes halogenated alkanes) is 2. The van der Waals surface area contributed by atoms with E-state index in [9.17, 15) is 19.2 Å². The Kier molecular flexibility index (Phi) is 7.01. The van der Waals surface area contributed by atoms with Crippen molar-refractivity contribution in [2.24, 2.45) is 0 Å². The number of thioether (sulfide) groups is 1. The van der Waals surface area contributed by atoms with Gasteiger partial charge in [-0.1, -0.05) is 19.8 Å². The Morgan fingerprint density at radius 1 is 1.25 bits per heavy atom. The maximum atomic E-state index is 12.9. The van der Waals surface area contributed by atoms with Crippen molar-refractivity contribution >= 4 is 35.6 Å². The Labute approximate surface area is 169 Å². The van der Waals surface area contributed by atoms with Gasteiger partial charge in [0.15, 0.2) is 0 Å². The number of rotatable bonds is 9. The van der Waals surface area contributed by atoms with E-state index < -0.39 is 34.5 Å². The summed E-state index contributed by atoms with van der Waals surface area (Å²) >= 11 is 1.42. The molecule has 0 saturated carbocycles. The normalized spacial score (nSPS) is 26.3. The van der Waals surface area contributed by atoms with Crippen LogP contribution in [0.15, 0.2) is 0 Å². The molecule has 0 aromatic heterocycles. The molecule has 0 bridgehead atoms. The number of hydrogen-bond donors (Lipinski definition) is 0. The molecule has 9 heteroatoms. The third-order valence-electron chi connectivity index (χ3n) is 4.69. The van der Waals surface area contributed by atoms with E-state index in [0.717, 1.165) is 12.8 Å². The average molecular weight is 416 g/mol. The summed E-state index contributed by atoms with van der Waals surface area (Å²) in [6, 6.07) is -0.916. The number of hydrogen-bond acceptors (Lipinski definition) is 8. The zero-order valence-electron chi connectivity index (χ0n) is 17.1. The second-order valence-corrected chi connectivity index (χ2v) is 9.54. The summed E-state index contributed by atoms with van der Waals surface area (Å²) in [6.45, 7) is 8.05.